The van der Waals surface area contributed by atoms with Crippen molar-refractivity contribution in [3.8, 4) is 0 Å². The van der Waals surface area contributed by atoms with Crippen molar-refractivity contribution < 1.29 is 4.79 Å². The van der Waals surface area contributed by atoms with Crippen molar-refractivity contribution in [1.82, 2.24) is 14.8 Å². The average Bonchev–Trinajstić information content (AvgIpc) is 2.99. The molecule has 4 rings (SSSR count). The number of nitrogens with zero attached hydrogens (tertiary/aromatic N) is 4. The number of aryl methyl sites for hydroxylation is 1. The molecule has 0 N–H and O–H groups in total. The molecule has 1 aromatic heterocycles. The number of unbranched alkanes of at least 4 members (excludes halogenated alkanes) is 2. The van der Waals surface area contributed by atoms with Gasteiger partial charge in [0.1, 0.15) is 5.82 Å². The minimum atomic E-state index is 0.143. The molecule has 214 valence electrons. The summed E-state index contributed by atoms with van der Waals surface area (Å²) in [6, 6.07) is 23.1. The number of amides is 1. The number of likely N-dealkylation sites (tertiary alicyclic amines) is 1. The maximum Gasteiger partial charge on any atom is 0.254 e. The van der Waals surface area contributed by atoms with Crippen LogP contribution in [0.4, 0.5) is 11.5 Å². The van der Waals surface area contributed by atoms with Crippen molar-refractivity contribution in [1.29, 1.82) is 0 Å². The predicted molar refractivity (Wildman–Crippen MR) is 167 cm³/mol. The number of aromatic nitrogens is 1. The van der Waals surface area contributed by atoms with E-state index < -0.39 is 0 Å². The van der Waals surface area contributed by atoms with Crippen molar-refractivity contribution in [2.24, 2.45) is 5.92 Å². The highest BCUT2D eigenvalue weighted by molar-refractivity contribution is 5.94. The molecular formula is C35H48N4O. The molecule has 1 aliphatic rings. The number of pyridine rings is 1. The van der Waals surface area contributed by atoms with Crippen LogP contribution >= 0.6 is 0 Å². The van der Waals surface area contributed by atoms with Gasteiger partial charge in [0.2, 0.25) is 0 Å². The molecule has 0 saturated carbocycles. The third kappa shape index (κ3) is 8.41. The third-order valence-corrected chi connectivity index (χ3v) is 8.20. The number of hydrogen-bond acceptors (Lipinski definition) is 4. The first-order valence-electron chi connectivity index (χ1n) is 15.3. The van der Waals surface area contributed by atoms with E-state index in [0.717, 1.165) is 67.4 Å². The van der Waals surface area contributed by atoms with Crippen LogP contribution in [-0.4, -0.2) is 53.4 Å². The van der Waals surface area contributed by atoms with Crippen LogP contribution in [0.15, 0.2) is 72.9 Å². The Hall–Kier alpha value is -3.18. The first kappa shape index (κ1) is 29.8. The van der Waals surface area contributed by atoms with Crippen LogP contribution in [0, 0.1) is 5.92 Å². The lowest BCUT2D eigenvalue weighted by molar-refractivity contribution is 0.0546. The molecule has 40 heavy (non-hydrogen) atoms. The van der Waals surface area contributed by atoms with Crippen LogP contribution < -0.4 is 4.90 Å². The van der Waals surface area contributed by atoms with Crippen LogP contribution in [0.25, 0.3) is 0 Å². The highest BCUT2D eigenvalue weighted by atomic mass is 16.2. The normalized spacial score (nSPS) is 14.4. The van der Waals surface area contributed by atoms with Crippen LogP contribution in [0.1, 0.15) is 80.8 Å². The Morgan fingerprint density at radius 3 is 2.42 bits per heavy atom. The number of anilines is 2. The molecule has 2 heterocycles. The van der Waals surface area contributed by atoms with Gasteiger partial charge in [0, 0.05) is 50.2 Å². The Kier molecular flexibility index (Phi) is 11.2. The molecule has 5 nitrogen and oxygen atoms in total. The molecule has 0 unspecified atom stereocenters. The van der Waals surface area contributed by atoms with E-state index in [0.29, 0.717) is 6.54 Å². The zero-order chi connectivity index (χ0) is 28.3. The zero-order valence-electron chi connectivity index (χ0n) is 25.1. The lowest BCUT2D eigenvalue weighted by Crippen LogP contribution is -2.47. The van der Waals surface area contributed by atoms with Crippen molar-refractivity contribution in [3.05, 3.63) is 89.6 Å². The van der Waals surface area contributed by atoms with Gasteiger partial charge < -0.3 is 14.7 Å². The zero-order valence-corrected chi connectivity index (χ0v) is 25.1. The summed E-state index contributed by atoms with van der Waals surface area (Å²) in [5.41, 5.74) is 4.33. The van der Waals surface area contributed by atoms with Gasteiger partial charge in [0.25, 0.3) is 5.91 Å². The Morgan fingerprint density at radius 2 is 1.75 bits per heavy atom. The molecule has 0 spiro atoms. The number of piperidine rings is 1. The average molecular weight is 541 g/mol. The van der Waals surface area contributed by atoms with Crippen LogP contribution in [-0.2, 0) is 13.0 Å². The van der Waals surface area contributed by atoms with Crippen molar-refractivity contribution in [2.45, 2.75) is 78.3 Å². The van der Waals surface area contributed by atoms with E-state index >= 15 is 0 Å². The second kappa shape index (κ2) is 15.0. The quantitative estimate of drug-likeness (QED) is 0.208. The molecule has 0 aliphatic carbocycles. The van der Waals surface area contributed by atoms with Gasteiger partial charge in [0.05, 0.1) is 0 Å². The van der Waals surface area contributed by atoms with E-state index in [1.54, 1.807) is 0 Å². The molecule has 3 aromatic rings. The molecule has 1 aliphatic heterocycles. The van der Waals surface area contributed by atoms with Crippen LogP contribution in [0.2, 0.25) is 0 Å². The fourth-order valence-corrected chi connectivity index (χ4v) is 5.57. The largest absolute Gasteiger partial charge is 0.331 e. The maximum absolute atomic E-state index is 14.0. The van der Waals surface area contributed by atoms with Gasteiger partial charge in [-0.25, -0.2) is 4.98 Å². The molecular weight excluding hydrogens is 492 g/mol. The summed E-state index contributed by atoms with van der Waals surface area (Å²) in [5, 5.41) is 0. The summed E-state index contributed by atoms with van der Waals surface area (Å²) in [5.74, 6) is 1.77. The standard InChI is InChI=1S/C35H48N4O/c1-5-6-7-11-29-15-17-31(18-16-29)35(40)39(32-20-24-38(25-21-32)23-19-28(2)3)27-30-12-10-13-33(26-30)37(4)34-14-8-9-22-36-34/h8-10,12-18,22,26,28,32H,5-7,11,19-21,23-25,27H2,1-4H3. The summed E-state index contributed by atoms with van der Waals surface area (Å²) in [6.07, 6.45) is 9.84. The fraction of sp³-hybridized carbons (Fsp3) is 0.486. The summed E-state index contributed by atoms with van der Waals surface area (Å²) >= 11 is 0. The van der Waals surface area contributed by atoms with E-state index in [2.05, 4.69) is 76.9 Å². The van der Waals surface area contributed by atoms with Gasteiger partial charge in [-0.05, 0) is 92.1 Å². The Balaban J connectivity index is 1.52. The first-order valence-corrected chi connectivity index (χ1v) is 15.3. The lowest BCUT2D eigenvalue weighted by atomic mass is 9.99. The molecule has 1 amide bonds. The van der Waals surface area contributed by atoms with E-state index in [4.69, 9.17) is 0 Å². The summed E-state index contributed by atoms with van der Waals surface area (Å²) in [6.45, 7) is 10.7. The van der Waals surface area contributed by atoms with E-state index in [-0.39, 0.29) is 11.9 Å². The van der Waals surface area contributed by atoms with Crippen molar-refractivity contribution in [3.63, 3.8) is 0 Å². The summed E-state index contributed by atoms with van der Waals surface area (Å²) < 4.78 is 0. The Labute approximate surface area is 242 Å². The molecule has 5 heteroatoms. The number of rotatable bonds is 13. The van der Waals surface area contributed by atoms with Gasteiger partial charge in [-0.15, -0.1) is 0 Å². The maximum atomic E-state index is 14.0. The smallest absolute Gasteiger partial charge is 0.254 e. The molecule has 0 atom stereocenters. The highest BCUT2D eigenvalue weighted by Crippen LogP contribution is 2.26. The van der Waals surface area contributed by atoms with Gasteiger partial charge in [-0.2, -0.15) is 0 Å². The SMILES string of the molecule is CCCCCc1ccc(C(=O)N(Cc2cccc(N(C)c3ccccn3)c2)C2CCN(CCC(C)C)CC2)cc1. The van der Waals surface area contributed by atoms with E-state index in [1.165, 1.54) is 31.2 Å². The first-order chi connectivity index (χ1) is 19.4. The molecule has 1 fully saturated rings. The van der Waals surface area contributed by atoms with Gasteiger partial charge >= 0.3 is 0 Å². The fourth-order valence-electron chi connectivity index (χ4n) is 5.57. The highest BCUT2D eigenvalue weighted by Gasteiger charge is 2.29. The second-order valence-corrected chi connectivity index (χ2v) is 11.8. The molecule has 1 saturated heterocycles. The Bertz CT molecular complexity index is 1170. The van der Waals surface area contributed by atoms with Gasteiger partial charge in [-0.1, -0.05) is 63.9 Å². The summed E-state index contributed by atoms with van der Waals surface area (Å²) in [4.78, 5) is 25.4. The minimum Gasteiger partial charge on any atom is -0.331 e. The number of hydrogen-bond donors (Lipinski definition) is 0. The van der Waals surface area contributed by atoms with Gasteiger partial charge in [0.15, 0.2) is 0 Å². The number of carbonyl (C=O) groups is 1. The van der Waals surface area contributed by atoms with Gasteiger partial charge in [-0.3, -0.25) is 4.79 Å². The predicted octanol–water partition coefficient (Wildman–Crippen LogP) is 7.74. The molecule has 2 aromatic carbocycles. The van der Waals surface area contributed by atoms with Crippen LogP contribution in [0.3, 0.4) is 0 Å². The topological polar surface area (TPSA) is 39.7 Å². The van der Waals surface area contributed by atoms with Crippen LogP contribution in [0.5, 0.6) is 0 Å². The molecule has 0 bridgehead atoms. The number of carbonyl (C=O) groups excluding carboxylic acids is 1. The molecule has 0 radical (unpaired) electrons. The second-order valence-electron chi connectivity index (χ2n) is 11.8. The summed E-state index contributed by atoms with van der Waals surface area (Å²) in [7, 11) is 2.04. The number of benzene rings is 2. The van der Waals surface area contributed by atoms with E-state index in [1.807, 2.05) is 43.6 Å². The monoisotopic (exact) mass is 540 g/mol. The van der Waals surface area contributed by atoms with E-state index in [9.17, 15) is 4.79 Å². The van der Waals surface area contributed by atoms with Crippen molar-refractivity contribution in [2.75, 3.05) is 31.6 Å². The minimum absolute atomic E-state index is 0.143. The van der Waals surface area contributed by atoms with Crippen molar-refractivity contribution >= 4 is 17.4 Å². The lowest BCUT2D eigenvalue weighted by Gasteiger charge is -2.39. The third-order valence-electron chi connectivity index (χ3n) is 8.20. The Morgan fingerprint density at radius 1 is 0.975 bits per heavy atom.